The van der Waals surface area contributed by atoms with Gasteiger partial charge in [-0.2, -0.15) is 5.10 Å². The Labute approximate surface area is 144 Å². The van der Waals surface area contributed by atoms with Gasteiger partial charge in [0.1, 0.15) is 6.33 Å². The van der Waals surface area contributed by atoms with Gasteiger partial charge in [-0.15, -0.1) is 0 Å². The van der Waals surface area contributed by atoms with Gasteiger partial charge in [0.2, 0.25) is 0 Å². The van der Waals surface area contributed by atoms with Gasteiger partial charge in [0.05, 0.1) is 17.3 Å². The summed E-state index contributed by atoms with van der Waals surface area (Å²) in [5.41, 5.74) is 2.53. The summed E-state index contributed by atoms with van der Waals surface area (Å²) in [5.74, 6) is -1.24. The van der Waals surface area contributed by atoms with Gasteiger partial charge in [0.15, 0.2) is 5.69 Å². The summed E-state index contributed by atoms with van der Waals surface area (Å²) in [7, 11) is 0. The molecule has 2 saturated heterocycles. The maximum absolute atomic E-state index is 12.9. The molecule has 2 aliphatic rings. The average Bonchev–Trinajstić information content (AvgIpc) is 3.17. The first kappa shape index (κ1) is 15.7. The van der Waals surface area contributed by atoms with Gasteiger partial charge in [0.25, 0.3) is 5.91 Å². The summed E-state index contributed by atoms with van der Waals surface area (Å²) in [5, 5.41) is 16.3. The van der Waals surface area contributed by atoms with Crippen molar-refractivity contribution in [1.29, 1.82) is 0 Å². The van der Waals surface area contributed by atoms with E-state index in [0.29, 0.717) is 29.9 Å². The van der Waals surface area contributed by atoms with Crippen LogP contribution in [0.15, 0.2) is 18.5 Å². The fraction of sp³-hybridized carbons (Fsp3) is 0.471. The number of aromatic nitrogens is 4. The van der Waals surface area contributed by atoms with Gasteiger partial charge in [-0.3, -0.25) is 14.7 Å². The topological polar surface area (TPSA) is 112 Å². The van der Waals surface area contributed by atoms with Crippen LogP contribution in [0.25, 0.3) is 11.4 Å². The lowest BCUT2D eigenvalue weighted by Gasteiger charge is -2.37. The number of rotatable bonds is 3. The molecule has 0 saturated carbocycles. The molecule has 130 valence electrons. The van der Waals surface area contributed by atoms with Crippen molar-refractivity contribution in [1.82, 2.24) is 25.1 Å². The highest BCUT2D eigenvalue weighted by molar-refractivity contribution is 5.94. The van der Waals surface area contributed by atoms with Crippen molar-refractivity contribution in [3.05, 3.63) is 29.8 Å². The Morgan fingerprint density at radius 2 is 1.92 bits per heavy atom. The number of amides is 1. The fourth-order valence-corrected chi connectivity index (χ4v) is 4.01. The number of hydrogen-bond acceptors (Lipinski definition) is 5. The van der Waals surface area contributed by atoms with Crippen molar-refractivity contribution < 1.29 is 14.7 Å². The van der Waals surface area contributed by atoms with Crippen molar-refractivity contribution in [2.75, 3.05) is 0 Å². The van der Waals surface area contributed by atoms with E-state index in [1.807, 2.05) is 17.9 Å². The number of carboxylic acids is 1. The van der Waals surface area contributed by atoms with E-state index in [2.05, 4.69) is 20.2 Å². The minimum atomic E-state index is -0.759. The molecular formula is C17H19N5O3. The van der Waals surface area contributed by atoms with E-state index in [9.17, 15) is 14.7 Å². The second kappa shape index (κ2) is 5.94. The first-order valence-corrected chi connectivity index (χ1v) is 8.43. The molecule has 3 atom stereocenters. The van der Waals surface area contributed by atoms with Crippen LogP contribution >= 0.6 is 0 Å². The van der Waals surface area contributed by atoms with Gasteiger partial charge in [-0.05, 0) is 44.7 Å². The maximum atomic E-state index is 12.9. The normalized spacial score (nSPS) is 25.2. The zero-order chi connectivity index (χ0) is 17.6. The van der Waals surface area contributed by atoms with Gasteiger partial charge in [-0.25, -0.2) is 9.97 Å². The Kier molecular flexibility index (Phi) is 3.74. The van der Waals surface area contributed by atoms with Crippen LogP contribution in [0.2, 0.25) is 0 Å². The number of aliphatic carboxylic acids is 1. The van der Waals surface area contributed by atoms with Crippen molar-refractivity contribution in [3.8, 4) is 11.4 Å². The van der Waals surface area contributed by atoms with Gasteiger partial charge >= 0.3 is 5.97 Å². The summed E-state index contributed by atoms with van der Waals surface area (Å²) < 4.78 is 0. The molecule has 2 aromatic heterocycles. The molecule has 2 N–H and O–H groups in total. The zero-order valence-electron chi connectivity index (χ0n) is 13.8. The lowest BCUT2D eigenvalue weighted by molar-refractivity contribution is -0.144. The SMILES string of the molecule is Cc1cc(-c2cc(C(=O)N3[C@@H]4CC[C@H]3C[C@H](C(=O)O)C4)n[nH]2)ncn1. The summed E-state index contributed by atoms with van der Waals surface area (Å²) in [6, 6.07) is 3.51. The van der Waals surface area contributed by atoms with Crippen LogP contribution in [-0.4, -0.2) is 54.1 Å². The van der Waals surface area contributed by atoms with Crippen molar-refractivity contribution in [2.45, 2.75) is 44.7 Å². The molecule has 4 heterocycles. The highest BCUT2D eigenvalue weighted by Gasteiger charge is 2.45. The lowest BCUT2D eigenvalue weighted by Crippen LogP contribution is -2.48. The second-order valence-corrected chi connectivity index (χ2v) is 6.82. The molecule has 8 heteroatoms. The molecule has 4 rings (SSSR count). The minimum absolute atomic E-state index is 0.00575. The first-order valence-electron chi connectivity index (χ1n) is 8.43. The van der Waals surface area contributed by atoms with Crippen molar-refractivity contribution in [3.63, 3.8) is 0 Å². The maximum Gasteiger partial charge on any atom is 0.306 e. The van der Waals surface area contributed by atoms with Gasteiger partial charge in [0, 0.05) is 17.8 Å². The second-order valence-electron chi connectivity index (χ2n) is 6.82. The van der Waals surface area contributed by atoms with Gasteiger partial charge < -0.3 is 10.0 Å². The molecule has 2 aliphatic heterocycles. The molecule has 1 amide bonds. The number of fused-ring (bicyclic) bond motifs is 2. The summed E-state index contributed by atoms with van der Waals surface area (Å²) >= 11 is 0. The predicted molar refractivity (Wildman–Crippen MR) is 87.7 cm³/mol. The molecule has 0 unspecified atom stereocenters. The number of H-pyrrole nitrogens is 1. The number of nitrogens with zero attached hydrogens (tertiary/aromatic N) is 4. The fourth-order valence-electron chi connectivity index (χ4n) is 4.01. The van der Waals surface area contributed by atoms with E-state index in [1.165, 1.54) is 6.33 Å². The number of aromatic amines is 1. The molecule has 2 aromatic rings. The number of carbonyl (C=O) groups excluding carboxylic acids is 1. The van der Waals surface area contributed by atoms with Crippen molar-refractivity contribution in [2.24, 2.45) is 5.92 Å². The average molecular weight is 341 g/mol. The Hall–Kier alpha value is -2.77. The van der Waals surface area contributed by atoms with Crippen LogP contribution < -0.4 is 0 Å². The predicted octanol–water partition coefficient (Wildman–Crippen LogP) is 1.64. The Morgan fingerprint density at radius 3 is 2.56 bits per heavy atom. The smallest absolute Gasteiger partial charge is 0.306 e. The van der Waals surface area contributed by atoms with E-state index in [0.717, 1.165) is 18.5 Å². The molecule has 8 nitrogen and oxygen atoms in total. The van der Waals surface area contributed by atoms with E-state index in [4.69, 9.17) is 0 Å². The molecule has 25 heavy (non-hydrogen) atoms. The number of nitrogens with one attached hydrogen (secondary N) is 1. The monoisotopic (exact) mass is 341 g/mol. The molecular weight excluding hydrogens is 322 g/mol. The van der Waals surface area contributed by atoms with Crippen LogP contribution in [0.1, 0.15) is 41.9 Å². The standard InChI is InChI=1S/C17H19N5O3/c1-9-4-13(19-8-18-9)14-7-15(21-20-14)16(23)22-11-2-3-12(22)6-10(5-11)17(24)25/h4,7-8,10-12H,2-3,5-6H2,1H3,(H,20,21)(H,24,25)/t10-,11-,12+. The number of carboxylic acid groups (broad SMARTS) is 1. The number of carbonyl (C=O) groups is 2. The summed E-state index contributed by atoms with van der Waals surface area (Å²) in [6.07, 6.45) is 4.26. The molecule has 2 fully saturated rings. The third-order valence-corrected chi connectivity index (χ3v) is 5.19. The highest BCUT2D eigenvalue weighted by atomic mass is 16.4. The minimum Gasteiger partial charge on any atom is -0.481 e. The van der Waals surface area contributed by atoms with Crippen LogP contribution in [0.4, 0.5) is 0 Å². The van der Waals surface area contributed by atoms with Crippen LogP contribution in [0.3, 0.4) is 0 Å². The van der Waals surface area contributed by atoms with Crippen LogP contribution in [-0.2, 0) is 4.79 Å². The Bertz CT molecular complexity index is 819. The highest BCUT2D eigenvalue weighted by Crippen LogP contribution is 2.39. The number of hydrogen-bond donors (Lipinski definition) is 2. The number of piperidine rings is 1. The molecule has 2 bridgehead atoms. The molecule has 0 aliphatic carbocycles. The lowest BCUT2D eigenvalue weighted by atomic mass is 9.90. The molecule has 0 spiro atoms. The Balaban J connectivity index is 1.56. The third-order valence-electron chi connectivity index (χ3n) is 5.19. The quantitative estimate of drug-likeness (QED) is 0.878. The largest absolute Gasteiger partial charge is 0.481 e. The number of aryl methyl sites for hydroxylation is 1. The van der Waals surface area contributed by atoms with Crippen molar-refractivity contribution >= 4 is 11.9 Å². The molecule has 0 aromatic carbocycles. The van der Waals surface area contributed by atoms with E-state index < -0.39 is 5.97 Å². The summed E-state index contributed by atoms with van der Waals surface area (Å²) in [6.45, 7) is 1.87. The Morgan fingerprint density at radius 1 is 1.20 bits per heavy atom. The van der Waals surface area contributed by atoms with Gasteiger partial charge in [-0.1, -0.05) is 0 Å². The van der Waals surface area contributed by atoms with E-state index in [1.54, 1.807) is 6.07 Å². The molecule has 0 radical (unpaired) electrons. The van der Waals surface area contributed by atoms with E-state index >= 15 is 0 Å². The first-order chi connectivity index (χ1) is 12.0. The van der Waals surface area contributed by atoms with E-state index in [-0.39, 0.29) is 23.9 Å². The van der Waals surface area contributed by atoms with Crippen LogP contribution in [0.5, 0.6) is 0 Å². The van der Waals surface area contributed by atoms with Crippen LogP contribution in [0, 0.1) is 12.8 Å². The summed E-state index contributed by atoms with van der Waals surface area (Å²) in [4.78, 5) is 34.3. The third kappa shape index (κ3) is 2.77. The zero-order valence-corrected chi connectivity index (χ0v) is 13.8.